The minimum Gasteiger partial charge on any atom is -0.401 e. The zero-order valence-corrected chi connectivity index (χ0v) is 14.2. The summed E-state index contributed by atoms with van der Waals surface area (Å²) in [7, 11) is 0. The van der Waals surface area contributed by atoms with Crippen molar-refractivity contribution in [3.05, 3.63) is 81.2 Å². The molecule has 0 saturated carbocycles. The smallest absolute Gasteiger partial charge is 0.401 e. The van der Waals surface area contributed by atoms with Crippen LogP contribution < -0.4 is 5.32 Å². The van der Waals surface area contributed by atoms with Crippen molar-refractivity contribution in [2.75, 3.05) is 5.32 Å². The number of nitrogens with one attached hydrogen (secondary N) is 1. The van der Waals surface area contributed by atoms with Gasteiger partial charge in [-0.2, -0.15) is 5.10 Å². The second kappa shape index (κ2) is 7.96. The van der Waals surface area contributed by atoms with E-state index < -0.39 is 52.1 Å². The van der Waals surface area contributed by atoms with Gasteiger partial charge in [0.1, 0.15) is 10.7 Å². The number of benzene rings is 1. The number of amides is 1. The van der Waals surface area contributed by atoms with E-state index in [1.807, 2.05) is 0 Å². The van der Waals surface area contributed by atoms with Gasteiger partial charge in [0.15, 0.2) is 29.1 Å². The molecule has 2 aromatic heterocycles. The molecule has 29 heavy (non-hydrogen) atoms. The Labute approximate surface area is 159 Å². The molecule has 0 aliphatic rings. The number of hydrogen-bond acceptors (Lipinski definition) is 5. The topological polar surface area (TPSA) is 103 Å². The van der Waals surface area contributed by atoms with E-state index in [-0.39, 0.29) is 17.6 Å². The zero-order valence-electron chi connectivity index (χ0n) is 14.2. The Morgan fingerprint density at radius 2 is 1.90 bits per heavy atom. The Balaban J connectivity index is 1.67. The van der Waals surface area contributed by atoms with E-state index in [9.17, 15) is 32.5 Å². The third-order valence-electron chi connectivity index (χ3n) is 3.61. The molecule has 1 N–H and O–H groups in total. The number of carbonyl (C=O) groups is 1. The van der Waals surface area contributed by atoms with Crippen LogP contribution in [0.1, 0.15) is 11.3 Å². The Kier molecular flexibility index (Phi) is 5.43. The molecule has 2 heterocycles. The summed E-state index contributed by atoms with van der Waals surface area (Å²) in [6.07, 6.45) is 3.43. The molecule has 0 aliphatic heterocycles. The van der Waals surface area contributed by atoms with Crippen molar-refractivity contribution in [1.82, 2.24) is 9.78 Å². The average Bonchev–Trinajstić information content (AvgIpc) is 3.31. The molecule has 1 aromatic carbocycles. The number of nitrogens with zero attached hydrogens (tertiary/aromatic N) is 3. The highest BCUT2D eigenvalue weighted by Gasteiger charge is 2.19. The highest BCUT2D eigenvalue weighted by atomic mass is 19.2. The van der Waals surface area contributed by atoms with Crippen molar-refractivity contribution in [3.63, 3.8) is 0 Å². The first kappa shape index (κ1) is 19.8. The van der Waals surface area contributed by atoms with E-state index in [4.69, 9.17) is 4.42 Å². The van der Waals surface area contributed by atoms with Gasteiger partial charge in [-0.3, -0.25) is 19.6 Å². The monoisotopic (exact) mass is 410 g/mol. The Morgan fingerprint density at radius 1 is 1.21 bits per heavy atom. The highest BCUT2D eigenvalue weighted by molar-refractivity contribution is 6.01. The summed E-state index contributed by atoms with van der Waals surface area (Å²) < 4.78 is 59.7. The number of nitro groups is 1. The third-order valence-corrected chi connectivity index (χ3v) is 3.61. The number of anilines is 1. The molecule has 1 amide bonds. The van der Waals surface area contributed by atoms with Crippen LogP contribution in [0.15, 0.2) is 41.0 Å². The fourth-order valence-electron chi connectivity index (χ4n) is 2.30. The van der Waals surface area contributed by atoms with Crippen LogP contribution in [-0.4, -0.2) is 20.6 Å². The van der Waals surface area contributed by atoms with E-state index in [2.05, 4.69) is 10.4 Å². The van der Waals surface area contributed by atoms with Crippen LogP contribution in [0.2, 0.25) is 0 Å². The van der Waals surface area contributed by atoms with Gasteiger partial charge in [-0.15, -0.1) is 0 Å². The van der Waals surface area contributed by atoms with Crippen molar-refractivity contribution in [2.24, 2.45) is 0 Å². The number of hydrogen-bond donors (Lipinski definition) is 1. The molecule has 3 rings (SSSR count). The lowest BCUT2D eigenvalue weighted by molar-refractivity contribution is -0.402. The van der Waals surface area contributed by atoms with Gasteiger partial charge in [-0.25, -0.2) is 17.6 Å². The van der Waals surface area contributed by atoms with Crippen LogP contribution in [-0.2, 0) is 11.3 Å². The Hall–Kier alpha value is -3.96. The third kappa shape index (κ3) is 4.48. The van der Waals surface area contributed by atoms with E-state index in [1.54, 1.807) is 0 Å². The zero-order chi connectivity index (χ0) is 21.1. The van der Waals surface area contributed by atoms with Crippen LogP contribution in [0.4, 0.5) is 29.3 Å². The SMILES string of the molecule is O=C(/C=C/c1ccc([N+](=O)[O-])o1)Nc1ccn(Cc2c(F)c(F)cc(F)c2F)n1. The van der Waals surface area contributed by atoms with Gasteiger partial charge in [-0.1, -0.05) is 0 Å². The number of aromatic nitrogens is 2. The Morgan fingerprint density at radius 3 is 2.52 bits per heavy atom. The molecule has 12 heteroatoms. The van der Waals surface area contributed by atoms with Crippen LogP contribution >= 0.6 is 0 Å². The standard InChI is InChI=1S/C17H10F4N4O4/c18-11-7-12(19)17(21)10(16(11)20)8-24-6-5-13(23-24)22-14(26)3-1-9-2-4-15(29-9)25(27)28/h1-7H,8H2,(H,22,23,26)/b3-1+. The summed E-state index contributed by atoms with van der Waals surface area (Å²) in [5.74, 6) is -7.27. The largest absolute Gasteiger partial charge is 0.433 e. The summed E-state index contributed by atoms with van der Waals surface area (Å²) in [5, 5.41) is 16.7. The normalized spacial score (nSPS) is 11.2. The van der Waals surface area contributed by atoms with Gasteiger partial charge >= 0.3 is 5.88 Å². The highest BCUT2D eigenvalue weighted by Crippen LogP contribution is 2.20. The van der Waals surface area contributed by atoms with Gasteiger partial charge < -0.3 is 9.73 Å². The second-order valence-corrected chi connectivity index (χ2v) is 5.60. The quantitative estimate of drug-likeness (QED) is 0.220. The molecule has 0 atom stereocenters. The molecule has 8 nitrogen and oxygen atoms in total. The van der Waals surface area contributed by atoms with E-state index in [0.29, 0.717) is 0 Å². The van der Waals surface area contributed by atoms with Gasteiger partial charge in [0.2, 0.25) is 5.91 Å². The molecule has 0 fully saturated rings. The van der Waals surface area contributed by atoms with Gasteiger partial charge in [0.25, 0.3) is 0 Å². The summed E-state index contributed by atoms with van der Waals surface area (Å²) >= 11 is 0. The van der Waals surface area contributed by atoms with Gasteiger partial charge in [0, 0.05) is 24.4 Å². The Bertz CT molecular complexity index is 1100. The second-order valence-electron chi connectivity index (χ2n) is 5.60. The van der Waals surface area contributed by atoms with Crippen LogP contribution in [0.3, 0.4) is 0 Å². The lowest BCUT2D eigenvalue weighted by Crippen LogP contribution is -2.11. The molecule has 0 unspecified atom stereocenters. The molecular formula is C17H10F4N4O4. The summed E-state index contributed by atoms with van der Waals surface area (Å²) in [6, 6.07) is 3.79. The molecule has 0 radical (unpaired) electrons. The van der Waals surface area contributed by atoms with Crippen molar-refractivity contribution in [1.29, 1.82) is 0 Å². The fourth-order valence-corrected chi connectivity index (χ4v) is 2.30. The maximum Gasteiger partial charge on any atom is 0.433 e. The van der Waals surface area contributed by atoms with Crippen LogP contribution in [0, 0.1) is 33.4 Å². The summed E-state index contributed by atoms with van der Waals surface area (Å²) in [4.78, 5) is 21.6. The van der Waals surface area contributed by atoms with Gasteiger partial charge in [0.05, 0.1) is 18.2 Å². The first-order chi connectivity index (χ1) is 13.7. The first-order valence-corrected chi connectivity index (χ1v) is 7.83. The average molecular weight is 410 g/mol. The number of carbonyl (C=O) groups excluding carboxylic acids is 1. The molecule has 3 aromatic rings. The van der Waals surface area contributed by atoms with Crippen LogP contribution in [0.5, 0.6) is 0 Å². The maximum absolute atomic E-state index is 13.7. The number of furan rings is 1. The lowest BCUT2D eigenvalue weighted by atomic mass is 10.2. The van der Waals surface area contributed by atoms with Crippen molar-refractivity contribution >= 4 is 23.7 Å². The minimum atomic E-state index is -1.54. The molecular weight excluding hydrogens is 400 g/mol. The van der Waals surface area contributed by atoms with E-state index >= 15 is 0 Å². The molecule has 150 valence electrons. The summed E-state index contributed by atoms with van der Waals surface area (Å²) in [5.41, 5.74) is -0.859. The maximum atomic E-state index is 13.7. The van der Waals surface area contributed by atoms with Crippen LogP contribution in [0.25, 0.3) is 6.08 Å². The molecule has 0 spiro atoms. The lowest BCUT2D eigenvalue weighted by Gasteiger charge is -2.07. The van der Waals surface area contributed by atoms with Crippen molar-refractivity contribution in [3.8, 4) is 0 Å². The minimum absolute atomic E-state index is 0.0113. The first-order valence-electron chi connectivity index (χ1n) is 7.83. The number of halogens is 4. The van der Waals surface area contributed by atoms with Crippen molar-refractivity contribution < 1.29 is 31.7 Å². The van der Waals surface area contributed by atoms with Crippen molar-refractivity contribution in [2.45, 2.75) is 6.54 Å². The van der Waals surface area contributed by atoms with Gasteiger partial charge in [-0.05, 0) is 12.1 Å². The fraction of sp³-hybridized carbons (Fsp3) is 0.0588. The molecule has 0 aliphatic carbocycles. The van der Waals surface area contributed by atoms with E-state index in [0.717, 1.165) is 16.8 Å². The predicted molar refractivity (Wildman–Crippen MR) is 90.6 cm³/mol. The number of rotatable bonds is 6. The summed E-state index contributed by atoms with van der Waals surface area (Å²) in [6.45, 7) is -0.617. The predicted octanol–water partition coefficient (Wildman–Crippen LogP) is 3.64. The molecule has 0 bridgehead atoms. The molecule has 0 saturated heterocycles. The van der Waals surface area contributed by atoms with E-state index in [1.165, 1.54) is 24.4 Å².